The van der Waals surface area contributed by atoms with Gasteiger partial charge in [-0.05, 0) is 63.0 Å². The molecule has 0 unspecified atom stereocenters. The van der Waals surface area contributed by atoms with Crippen molar-refractivity contribution in [2.75, 3.05) is 11.9 Å². The Labute approximate surface area is 163 Å². The summed E-state index contributed by atoms with van der Waals surface area (Å²) in [6.07, 6.45) is 4.60. The largest absolute Gasteiger partial charge is 0.492 e. The van der Waals surface area contributed by atoms with E-state index in [1.165, 1.54) is 0 Å². The number of amides is 2. The van der Waals surface area contributed by atoms with Gasteiger partial charge < -0.3 is 15.4 Å². The average Bonchev–Trinajstić information content (AvgIpc) is 2.63. The number of carbonyl (C=O) groups is 2. The lowest BCUT2D eigenvalue weighted by Crippen LogP contribution is -2.47. The predicted octanol–water partition coefficient (Wildman–Crippen LogP) is 4.38. The molecule has 1 aromatic carbocycles. The number of anilines is 1. The summed E-state index contributed by atoms with van der Waals surface area (Å²) in [5, 5.41) is 5.95. The zero-order chi connectivity index (χ0) is 19.8. The van der Waals surface area contributed by atoms with Gasteiger partial charge in [-0.3, -0.25) is 9.59 Å². The second-order valence-electron chi connectivity index (χ2n) is 8.07. The van der Waals surface area contributed by atoms with Crippen LogP contribution in [-0.4, -0.2) is 24.5 Å². The van der Waals surface area contributed by atoms with E-state index in [1.54, 1.807) is 0 Å². The lowest BCUT2D eigenvalue weighted by atomic mass is 9.82. The number of ether oxygens (including phenoxy) is 1. The van der Waals surface area contributed by atoms with Crippen molar-refractivity contribution in [3.8, 4) is 5.75 Å². The molecular formula is C22H34N2O3. The van der Waals surface area contributed by atoms with E-state index in [0.29, 0.717) is 36.3 Å². The van der Waals surface area contributed by atoms with Crippen LogP contribution in [0.25, 0.3) is 0 Å². The molecule has 0 heterocycles. The van der Waals surface area contributed by atoms with Crippen LogP contribution in [0.2, 0.25) is 0 Å². The van der Waals surface area contributed by atoms with Gasteiger partial charge in [0.15, 0.2) is 0 Å². The van der Waals surface area contributed by atoms with Gasteiger partial charge in [0.2, 0.25) is 11.8 Å². The SMILES string of the molecule is CCOc1ccccc1NC(=O)[C@H](CC(C)C)NC(=O)C1CCC(C)CC1. The third-order valence-corrected chi connectivity index (χ3v) is 5.17. The summed E-state index contributed by atoms with van der Waals surface area (Å²) in [6.45, 7) is 8.79. The highest BCUT2D eigenvalue weighted by Crippen LogP contribution is 2.29. The first-order chi connectivity index (χ1) is 12.9. The number of carbonyl (C=O) groups excluding carboxylic acids is 2. The fourth-order valence-corrected chi connectivity index (χ4v) is 3.59. The van der Waals surface area contributed by atoms with Crippen molar-refractivity contribution in [1.29, 1.82) is 0 Å². The third-order valence-electron chi connectivity index (χ3n) is 5.17. The smallest absolute Gasteiger partial charge is 0.247 e. The first kappa shape index (κ1) is 21.3. The molecule has 150 valence electrons. The molecular weight excluding hydrogens is 340 g/mol. The molecule has 5 heteroatoms. The molecule has 2 N–H and O–H groups in total. The second kappa shape index (κ2) is 10.3. The molecule has 2 rings (SSSR count). The Morgan fingerprint density at radius 3 is 2.44 bits per heavy atom. The minimum atomic E-state index is -0.536. The third kappa shape index (κ3) is 6.56. The van der Waals surface area contributed by atoms with Gasteiger partial charge in [-0.15, -0.1) is 0 Å². The normalized spacial score (nSPS) is 20.8. The minimum absolute atomic E-state index is 0.0146. The summed E-state index contributed by atoms with van der Waals surface area (Å²) in [7, 11) is 0. The number of nitrogens with one attached hydrogen (secondary N) is 2. The standard InChI is InChI=1S/C22H34N2O3/c1-5-27-20-9-7-6-8-18(20)23-22(26)19(14-15(2)3)24-21(25)17-12-10-16(4)11-13-17/h6-9,15-17,19H,5,10-14H2,1-4H3,(H,23,26)(H,24,25)/t16?,17?,19-/m0/s1. The topological polar surface area (TPSA) is 67.4 Å². The van der Waals surface area contributed by atoms with Gasteiger partial charge in [-0.25, -0.2) is 0 Å². The molecule has 27 heavy (non-hydrogen) atoms. The van der Waals surface area contributed by atoms with E-state index in [4.69, 9.17) is 4.74 Å². The first-order valence-electron chi connectivity index (χ1n) is 10.2. The molecule has 0 aliphatic heterocycles. The maximum absolute atomic E-state index is 12.9. The summed E-state index contributed by atoms with van der Waals surface area (Å²) in [4.78, 5) is 25.6. The molecule has 1 fully saturated rings. The van der Waals surface area contributed by atoms with Crippen molar-refractivity contribution >= 4 is 17.5 Å². The molecule has 0 bridgehead atoms. The van der Waals surface area contributed by atoms with Crippen LogP contribution in [0.1, 0.15) is 59.8 Å². The summed E-state index contributed by atoms with van der Waals surface area (Å²) in [5.41, 5.74) is 0.638. The molecule has 1 atom stereocenters. The maximum atomic E-state index is 12.9. The number of para-hydroxylation sites is 2. The van der Waals surface area contributed by atoms with E-state index < -0.39 is 6.04 Å². The molecule has 2 amide bonds. The summed E-state index contributed by atoms with van der Waals surface area (Å²) >= 11 is 0. The first-order valence-corrected chi connectivity index (χ1v) is 10.2. The van der Waals surface area contributed by atoms with E-state index in [2.05, 4.69) is 31.4 Å². The number of hydrogen-bond donors (Lipinski definition) is 2. The Bertz CT molecular complexity index is 622. The van der Waals surface area contributed by atoms with E-state index in [0.717, 1.165) is 25.7 Å². The molecule has 0 aromatic heterocycles. The van der Waals surface area contributed by atoms with Gasteiger partial charge in [0, 0.05) is 5.92 Å². The van der Waals surface area contributed by atoms with Crippen molar-refractivity contribution in [2.24, 2.45) is 17.8 Å². The van der Waals surface area contributed by atoms with Gasteiger partial charge in [0.05, 0.1) is 12.3 Å². The number of hydrogen-bond acceptors (Lipinski definition) is 3. The Morgan fingerprint density at radius 2 is 1.81 bits per heavy atom. The molecule has 5 nitrogen and oxygen atoms in total. The number of benzene rings is 1. The van der Waals surface area contributed by atoms with Crippen LogP contribution in [0.3, 0.4) is 0 Å². The summed E-state index contributed by atoms with van der Waals surface area (Å²) in [6, 6.07) is 6.85. The maximum Gasteiger partial charge on any atom is 0.247 e. The Kier molecular flexibility index (Phi) is 8.14. The van der Waals surface area contributed by atoms with Crippen molar-refractivity contribution in [1.82, 2.24) is 5.32 Å². The average molecular weight is 375 g/mol. The highest BCUT2D eigenvalue weighted by molar-refractivity contribution is 5.98. The summed E-state index contributed by atoms with van der Waals surface area (Å²) in [5.74, 6) is 1.49. The van der Waals surface area contributed by atoms with Crippen LogP contribution in [0.4, 0.5) is 5.69 Å². The van der Waals surface area contributed by atoms with Gasteiger partial charge in [0.25, 0.3) is 0 Å². The van der Waals surface area contributed by atoms with Gasteiger partial charge in [-0.2, -0.15) is 0 Å². The lowest BCUT2D eigenvalue weighted by Gasteiger charge is -2.28. The predicted molar refractivity (Wildman–Crippen MR) is 109 cm³/mol. The molecule has 0 saturated heterocycles. The highest BCUT2D eigenvalue weighted by atomic mass is 16.5. The van der Waals surface area contributed by atoms with Crippen LogP contribution in [0, 0.1) is 17.8 Å². The van der Waals surface area contributed by atoms with Crippen molar-refractivity contribution in [2.45, 2.75) is 65.8 Å². The highest BCUT2D eigenvalue weighted by Gasteiger charge is 2.29. The van der Waals surface area contributed by atoms with E-state index >= 15 is 0 Å². The zero-order valence-corrected chi connectivity index (χ0v) is 17.1. The van der Waals surface area contributed by atoms with Crippen LogP contribution < -0.4 is 15.4 Å². The van der Waals surface area contributed by atoms with E-state index in [-0.39, 0.29) is 17.7 Å². The Morgan fingerprint density at radius 1 is 1.15 bits per heavy atom. The van der Waals surface area contributed by atoms with E-state index in [1.807, 2.05) is 31.2 Å². The van der Waals surface area contributed by atoms with E-state index in [9.17, 15) is 9.59 Å². The number of rotatable bonds is 8. The van der Waals surface area contributed by atoms with Crippen molar-refractivity contribution in [3.05, 3.63) is 24.3 Å². The fraction of sp³-hybridized carbons (Fsp3) is 0.636. The van der Waals surface area contributed by atoms with Gasteiger partial charge in [0.1, 0.15) is 11.8 Å². The Balaban J connectivity index is 2.04. The minimum Gasteiger partial charge on any atom is -0.492 e. The molecule has 1 aliphatic carbocycles. The zero-order valence-electron chi connectivity index (χ0n) is 17.1. The monoisotopic (exact) mass is 374 g/mol. The molecule has 0 spiro atoms. The summed E-state index contributed by atoms with van der Waals surface area (Å²) < 4.78 is 5.58. The Hall–Kier alpha value is -2.04. The quantitative estimate of drug-likeness (QED) is 0.709. The van der Waals surface area contributed by atoms with Gasteiger partial charge >= 0.3 is 0 Å². The second-order valence-corrected chi connectivity index (χ2v) is 8.07. The molecule has 1 aromatic rings. The van der Waals surface area contributed by atoms with Gasteiger partial charge in [-0.1, -0.05) is 32.9 Å². The van der Waals surface area contributed by atoms with Crippen LogP contribution in [-0.2, 0) is 9.59 Å². The van der Waals surface area contributed by atoms with Crippen LogP contribution in [0.15, 0.2) is 24.3 Å². The van der Waals surface area contributed by atoms with Crippen LogP contribution >= 0.6 is 0 Å². The van der Waals surface area contributed by atoms with Crippen molar-refractivity contribution < 1.29 is 14.3 Å². The van der Waals surface area contributed by atoms with Crippen molar-refractivity contribution in [3.63, 3.8) is 0 Å². The van der Waals surface area contributed by atoms with Crippen LogP contribution in [0.5, 0.6) is 5.75 Å². The lowest BCUT2D eigenvalue weighted by molar-refractivity contribution is -0.130. The molecule has 1 saturated carbocycles. The molecule has 0 radical (unpaired) electrons. The fourth-order valence-electron chi connectivity index (χ4n) is 3.59. The molecule has 1 aliphatic rings.